The van der Waals surface area contributed by atoms with Crippen LogP contribution in [0.1, 0.15) is 16.7 Å². The summed E-state index contributed by atoms with van der Waals surface area (Å²) >= 11 is 0. The van der Waals surface area contributed by atoms with Crippen molar-refractivity contribution >= 4 is 11.8 Å². The number of piperazine rings is 1. The third-order valence-corrected chi connectivity index (χ3v) is 5.21. The van der Waals surface area contributed by atoms with Crippen LogP contribution >= 0.6 is 0 Å². The summed E-state index contributed by atoms with van der Waals surface area (Å²) in [6.07, 6.45) is 1.89. The predicted octanol–water partition coefficient (Wildman–Crippen LogP) is 2.02. The molecule has 1 aliphatic rings. The molecule has 1 saturated heterocycles. The van der Waals surface area contributed by atoms with Gasteiger partial charge in [0, 0.05) is 58.1 Å². The Hall–Kier alpha value is -2.80. The molecule has 1 aromatic carbocycles. The number of aromatic nitrogens is 1. The lowest BCUT2D eigenvalue weighted by molar-refractivity contribution is 0.312. The fourth-order valence-electron chi connectivity index (χ4n) is 3.36. The number of aliphatic imine (C=N–C) groups is 1. The van der Waals surface area contributed by atoms with Gasteiger partial charge < -0.3 is 25.2 Å². The third-order valence-electron chi connectivity index (χ3n) is 5.21. The van der Waals surface area contributed by atoms with Crippen LogP contribution in [0.2, 0.25) is 0 Å². The van der Waals surface area contributed by atoms with Crippen LogP contribution in [0.3, 0.4) is 0 Å². The Bertz CT molecular complexity index is 830. The average molecular weight is 397 g/mol. The van der Waals surface area contributed by atoms with Crippen LogP contribution in [-0.4, -0.2) is 63.2 Å². The molecule has 0 bridgehead atoms. The highest BCUT2D eigenvalue weighted by molar-refractivity contribution is 5.79. The second-order valence-corrected chi connectivity index (χ2v) is 7.41. The number of likely N-dealkylation sites (N-methyl/N-ethyl adjacent to an activating group) is 1. The molecule has 1 fully saturated rings. The molecule has 0 radical (unpaired) electrons. The first-order chi connectivity index (χ1) is 14.1. The second-order valence-electron chi connectivity index (χ2n) is 7.41. The zero-order valence-electron chi connectivity index (χ0n) is 17.9. The van der Waals surface area contributed by atoms with Crippen molar-refractivity contribution in [3.05, 3.63) is 53.2 Å². The van der Waals surface area contributed by atoms with Crippen LogP contribution in [0.4, 0.5) is 5.82 Å². The minimum atomic E-state index is 0.645. The highest BCUT2D eigenvalue weighted by Gasteiger charge is 2.15. The van der Waals surface area contributed by atoms with Crippen LogP contribution < -0.4 is 20.3 Å². The van der Waals surface area contributed by atoms with Crippen molar-refractivity contribution in [3.63, 3.8) is 0 Å². The van der Waals surface area contributed by atoms with Gasteiger partial charge in [0.2, 0.25) is 0 Å². The van der Waals surface area contributed by atoms with E-state index < -0.39 is 0 Å². The Morgan fingerprint density at radius 3 is 2.59 bits per heavy atom. The molecule has 156 valence electrons. The van der Waals surface area contributed by atoms with E-state index in [1.807, 2.05) is 18.3 Å². The quantitative estimate of drug-likeness (QED) is 0.575. The molecule has 2 N–H and O–H groups in total. The molecule has 0 atom stereocenters. The van der Waals surface area contributed by atoms with E-state index in [4.69, 9.17) is 4.74 Å². The van der Waals surface area contributed by atoms with Crippen molar-refractivity contribution in [2.45, 2.75) is 20.0 Å². The van der Waals surface area contributed by atoms with Crippen molar-refractivity contribution in [1.82, 2.24) is 20.5 Å². The van der Waals surface area contributed by atoms with Crippen LogP contribution in [0.15, 0.2) is 41.5 Å². The van der Waals surface area contributed by atoms with Gasteiger partial charge in [-0.05, 0) is 43.3 Å². The van der Waals surface area contributed by atoms with E-state index in [9.17, 15) is 0 Å². The van der Waals surface area contributed by atoms with Gasteiger partial charge in [-0.15, -0.1) is 0 Å². The van der Waals surface area contributed by atoms with E-state index in [-0.39, 0.29) is 0 Å². The normalized spacial score (nSPS) is 15.3. The SMILES string of the molecule is CN=C(NCc1ccnc(N2CCN(C)CC2)c1)NCc1ccc(C)cc1OC. The maximum atomic E-state index is 5.48. The van der Waals surface area contributed by atoms with E-state index in [0.717, 1.165) is 49.3 Å². The number of hydrogen-bond acceptors (Lipinski definition) is 5. The number of nitrogens with zero attached hydrogens (tertiary/aromatic N) is 4. The van der Waals surface area contributed by atoms with E-state index >= 15 is 0 Å². The first-order valence-corrected chi connectivity index (χ1v) is 10.1. The van der Waals surface area contributed by atoms with Crippen molar-refractivity contribution in [3.8, 4) is 5.75 Å². The molecule has 1 aliphatic heterocycles. The lowest BCUT2D eigenvalue weighted by Gasteiger charge is -2.33. The van der Waals surface area contributed by atoms with Gasteiger partial charge in [0.25, 0.3) is 0 Å². The van der Waals surface area contributed by atoms with Crippen LogP contribution in [0, 0.1) is 6.92 Å². The van der Waals surface area contributed by atoms with Gasteiger partial charge in [-0.1, -0.05) is 12.1 Å². The van der Waals surface area contributed by atoms with Gasteiger partial charge in [-0.2, -0.15) is 0 Å². The Morgan fingerprint density at radius 2 is 1.86 bits per heavy atom. The van der Waals surface area contributed by atoms with E-state index in [1.165, 1.54) is 11.1 Å². The number of methoxy groups -OCH3 is 1. The molecule has 7 nitrogen and oxygen atoms in total. The molecule has 2 heterocycles. The zero-order valence-corrected chi connectivity index (χ0v) is 17.9. The molecule has 0 spiro atoms. The Balaban J connectivity index is 1.55. The monoisotopic (exact) mass is 396 g/mol. The van der Waals surface area contributed by atoms with Crippen LogP contribution in [-0.2, 0) is 13.1 Å². The number of guanidine groups is 1. The van der Waals surface area contributed by atoms with Crippen LogP contribution in [0.25, 0.3) is 0 Å². The van der Waals surface area contributed by atoms with Crippen molar-refractivity contribution < 1.29 is 4.74 Å². The average Bonchev–Trinajstić information content (AvgIpc) is 2.75. The van der Waals surface area contributed by atoms with E-state index in [2.05, 4.69) is 62.6 Å². The van der Waals surface area contributed by atoms with E-state index in [0.29, 0.717) is 13.1 Å². The maximum absolute atomic E-state index is 5.48. The number of nitrogens with one attached hydrogen (secondary N) is 2. The van der Waals surface area contributed by atoms with Crippen molar-refractivity contribution in [2.24, 2.45) is 4.99 Å². The number of benzene rings is 1. The van der Waals surface area contributed by atoms with E-state index in [1.54, 1.807) is 14.2 Å². The second kappa shape index (κ2) is 10.1. The van der Waals surface area contributed by atoms with Gasteiger partial charge in [-0.25, -0.2) is 4.98 Å². The van der Waals surface area contributed by atoms with Crippen LogP contribution in [0.5, 0.6) is 5.75 Å². The van der Waals surface area contributed by atoms with Gasteiger partial charge in [0.1, 0.15) is 11.6 Å². The molecule has 0 aliphatic carbocycles. The van der Waals surface area contributed by atoms with Gasteiger partial charge >= 0.3 is 0 Å². The zero-order chi connectivity index (χ0) is 20.6. The summed E-state index contributed by atoms with van der Waals surface area (Å²) in [6, 6.07) is 10.4. The molecule has 2 aromatic rings. The Labute approximate surface area is 173 Å². The molecule has 1 aromatic heterocycles. The molecular formula is C22H32N6O. The number of pyridine rings is 1. The first kappa shape index (κ1) is 20.9. The summed E-state index contributed by atoms with van der Waals surface area (Å²) in [6.45, 7) is 7.57. The molecule has 0 amide bonds. The summed E-state index contributed by atoms with van der Waals surface area (Å²) < 4.78 is 5.48. The largest absolute Gasteiger partial charge is 0.496 e. The molecule has 3 rings (SSSR count). The lowest BCUT2D eigenvalue weighted by Crippen LogP contribution is -2.44. The molecule has 29 heavy (non-hydrogen) atoms. The lowest BCUT2D eigenvalue weighted by atomic mass is 10.1. The standard InChI is InChI=1S/C22H32N6O/c1-17-5-6-19(20(13-17)29-4)16-26-22(23-2)25-15-18-7-8-24-21(14-18)28-11-9-27(3)10-12-28/h5-8,13-14H,9-12,15-16H2,1-4H3,(H2,23,25,26). The highest BCUT2D eigenvalue weighted by atomic mass is 16.5. The fraction of sp³-hybridized carbons (Fsp3) is 0.455. The number of aryl methyl sites for hydroxylation is 1. The molecular weight excluding hydrogens is 364 g/mol. The summed E-state index contributed by atoms with van der Waals surface area (Å²) in [5.74, 6) is 2.69. The minimum absolute atomic E-state index is 0.645. The maximum Gasteiger partial charge on any atom is 0.191 e. The summed E-state index contributed by atoms with van der Waals surface area (Å²) in [4.78, 5) is 13.6. The van der Waals surface area contributed by atoms with Gasteiger partial charge in [0.15, 0.2) is 5.96 Å². The first-order valence-electron chi connectivity index (χ1n) is 10.1. The molecule has 0 saturated carbocycles. The molecule has 0 unspecified atom stereocenters. The summed E-state index contributed by atoms with van der Waals surface area (Å²) in [7, 11) is 5.65. The smallest absolute Gasteiger partial charge is 0.191 e. The summed E-state index contributed by atoms with van der Waals surface area (Å²) in [5, 5.41) is 6.75. The number of hydrogen-bond donors (Lipinski definition) is 2. The fourth-order valence-corrected chi connectivity index (χ4v) is 3.36. The Kier molecular flexibility index (Phi) is 7.30. The highest BCUT2D eigenvalue weighted by Crippen LogP contribution is 2.19. The minimum Gasteiger partial charge on any atom is -0.496 e. The topological polar surface area (TPSA) is 65.0 Å². The predicted molar refractivity (Wildman–Crippen MR) is 119 cm³/mol. The van der Waals surface area contributed by atoms with Gasteiger partial charge in [0.05, 0.1) is 7.11 Å². The molecule has 7 heteroatoms. The summed E-state index contributed by atoms with van der Waals surface area (Å²) in [5.41, 5.74) is 3.47. The Morgan fingerprint density at radius 1 is 1.10 bits per heavy atom. The third kappa shape index (κ3) is 5.84. The van der Waals surface area contributed by atoms with Gasteiger partial charge in [-0.3, -0.25) is 4.99 Å². The number of rotatable bonds is 6. The number of anilines is 1. The van der Waals surface area contributed by atoms with Crippen molar-refractivity contribution in [2.75, 3.05) is 52.3 Å². The number of ether oxygens (including phenoxy) is 1. The van der Waals surface area contributed by atoms with Crippen molar-refractivity contribution in [1.29, 1.82) is 0 Å².